The number of esters is 1. The highest BCUT2D eigenvalue weighted by molar-refractivity contribution is 5.79. The van der Waals surface area contributed by atoms with Gasteiger partial charge in [-0.3, -0.25) is 4.79 Å². The van der Waals surface area contributed by atoms with E-state index in [0.717, 1.165) is 31.3 Å². The van der Waals surface area contributed by atoms with Gasteiger partial charge in [0.05, 0.1) is 37.4 Å². The Hall–Kier alpha value is -1.81. The molecular weight excluding hydrogens is 961 g/mol. The molecule has 0 bridgehead atoms. The van der Waals surface area contributed by atoms with Crippen LogP contribution in [0.1, 0.15) is 106 Å². The number of fused-ring (bicyclic) bond motifs is 7. The van der Waals surface area contributed by atoms with Crippen LogP contribution in [0, 0.1) is 44.8 Å². The summed E-state index contributed by atoms with van der Waals surface area (Å²) in [4.78, 5) is 14.6. The quantitative estimate of drug-likeness (QED) is 0.0721. The summed E-state index contributed by atoms with van der Waals surface area (Å²) in [7, 11) is 0. The van der Waals surface area contributed by atoms with Crippen LogP contribution in [0.4, 0.5) is 0 Å². The van der Waals surface area contributed by atoms with Crippen LogP contribution in [0.15, 0.2) is 23.8 Å². The number of carbonyl (C=O) groups is 1. The molecular formula is C52H82O21. The highest BCUT2D eigenvalue weighted by Crippen LogP contribution is 2.75. The molecule has 0 aromatic carbocycles. The Labute approximate surface area is 426 Å². The molecule has 4 saturated heterocycles. The predicted molar refractivity (Wildman–Crippen MR) is 251 cm³/mol. The van der Waals surface area contributed by atoms with Crippen molar-refractivity contribution >= 4 is 5.97 Å². The lowest BCUT2D eigenvalue weighted by Gasteiger charge is -2.71. The maximum Gasteiger partial charge on any atom is 0.315 e. The molecule has 416 valence electrons. The Morgan fingerprint density at radius 1 is 0.658 bits per heavy atom. The van der Waals surface area contributed by atoms with Crippen LogP contribution >= 0.6 is 0 Å². The van der Waals surface area contributed by atoms with Gasteiger partial charge in [0.2, 0.25) is 6.29 Å². The summed E-state index contributed by atoms with van der Waals surface area (Å²) in [6.45, 7) is 15.7. The van der Waals surface area contributed by atoms with E-state index in [4.69, 9.17) is 37.9 Å². The first kappa shape index (κ1) is 55.9. The second kappa shape index (κ2) is 20.4. The van der Waals surface area contributed by atoms with Crippen molar-refractivity contribution < 1.29 is 104 Å². The molecule has 4 saturated carbocycles. The third-order valence-corrected chi connectivity index (χ3v) is 20.4. The maximum atomic E-state index is 14.6. The van der Waals surface area contributed by atoms with Crippen molar-refractivity contribution in [3.05, 3.63) is 23.8 Å². The number of aliphatic hydroxyl groups is 12. The Bertz CT molecular complexity index is 2040. The van der Waals surface area contributed by atoms with Crippen molar-refractivity contribution in [2.75, 3.05) is 19.8 Å². The summed E-state index contributed by atoms with van der Waals surface area (Å²) in [5, 5.41) is 127. The van der Waals surface area contributed by atoms with E-state index in [2.05, 4.69) is 47.3 Å². The standard InChI is InChI=1S/C52H82O21/c1-22-10-15-52(47(65)73-45-40(64)37(61)34(58)28(20-54)69-45)17-16-50(6)24(25(52)18-22)8-9-30-49(5)13-12-31(48(3,4)29(49)11-14-51(30,50)7)70-46-42(72-43-38(62)35(59)32(56)23(2)67-43)41(26(55)21-66-46)71-44-39(63)36(60)33(57)27(19-53)68-44/h8,23,25-46,53-64H,1,9-21H2,2-7H3/t23-,25-,26-,27+,28+,29-,30+,31-,32-,33+,34+,35+,36-,37-,38+,39+,40+,41-,42+,43-,44-,45-,46-,49-,50+,51+,52-/m0/s1. The highest BCUT2D eigenvalue weighted by atomic mass is 16.8. The SMILES string of the molecule is C=C1CC[C@]2(C(=O)O[C@@H]3O[C@H](CO)[C@@H](O)[C@H](O)[C@H]3O)CC[C@]3(C)C(=CC[C@@H]4[C@@]5(C)CC[C@H](O[C@@H]6OC[C@H](O)[C@H](O[C@@H]7O[C@H](CO)[C@@H](O)[C@H](O)[C@H]7O)[C@H]6O[C@@H]6O[C@@H](C)[C@H](O)[C@@H](O)[C@H]6O)C(C)(C)[C@@H]5CC[C@]43C)[C@@H]2C1. The Morgan fingerprint density at radius 3 is 1.89 bits per heavy atom. The van der Waals surface area contributed by atoms with Crippen LogP contribution in [0.3, 0.4) is 0 Å². The summed E-state index contributed by atoms with van der Waals surface area (Å²) in [6, 6.07) is 0. The van der Waals surface area contributed by atoms with E-state index in [1.165, 1.54) is 12.5 Å². The summed E-state index contributed by atoms with van der Waals surface area (Å²) in [5.41, 5.74) is 0.0726. The lowest BCUT2D eigenvalue weighted by atomic mass is 9.34. The Morgan fingerprint density at radius 2 is 1.25 bits per heavy atom. The molecule has 4 heterocycles. The second-order valence-corrected chi connectivity index (χ2v) is 24.4. The van der Waals surface area contributed by atoms with E-state index in [0.29, 0.717) is 38.5 Å². The summed E-state index contributed by atoms with van der Waals surface area (Å²) in [6.07, 6.45) is -20.7. The molecule has 21 nitrogen and oxygen atoms in total. The maximum absolute atomic E-state index is 14.6. The molecule has 4 aliphatic heterocycles. The average Bonchev–Trinajstić information content (AvgIpc) is 3.35. The van der Waals surface area contributed by atoms with Crippen LogP contribution in [0.25, 0.3) is 0 Å². The molecule has 0 aromatic rings. The zero-order valence-electron chi connectivity index (χ0n) is 42.8. The van der Waals surface area contributed by atoms with Crippen LogP contribution in [0.2, 0.25) is 0 Å². The van der Waals surface area contributed by atoms with Crippen LogP contribution < -0.4 is 0 Å². The zero-order chi connectivity index (χ0) is 53.1. The minimum absolute atomic E-state index is 0.122. The van der Waals surface area contributed by atoms with Gasteiger partial charge >= 0.3 is 5.97 Å². The number of hydrogen-bond acceptors (Lipinski definition) is 21. The normalized spacial score (nSPS) is 54.0. The minimum Gasteiger partial charge on any atom is -0.432 e. The molecule has 12 N–H and O–H groups in total. The first-order valence-electron chi connectivity index (χ1n) is 26.4. The van der Waals surface area contributed by atoms with Gasteiger partial charge in [0.15, 0.2) is 18.9 Å². The lowest BCUT2D eigenvalue weighted by molar-refractivity contribution is -0.388. The van der Waals surface area contributed by atoms with Crippen molar-refractivity contribution in [1.82, 2.24) is 0 Å². The van der Waals surface area contributed by atoms with Crippen molar-refractivity contribution in [3.63, 3.8) is 0 Å². The van der Waals surface area contributed by atoms with Gasteiger partial charge in [-0.1, -0.05) is 58.4 Å². The second-order valence-electron chi connectivity index (χ2n) is 24.4. The molecule has 0 amide bonds. The van der Waals surface area contributed by atoms with Crippen molar-refractivity contribution in [3.8, 4) is 0 Å². The summed E-state index contributed by atoms with van der Waals surface area (Å²) in [5.74, 6) is -0.431. The molecule has 27 atom stereocenters. The molecule has 9 rings (SSSR count). The van der Waals surface area contributed by atoms with Crippen LogP contribution in [-0.4, -0.2) is 210 Å². The molecule has 21 heteroatoms. The molecule has 0 unspecified atom stereocenters. The van der Waals surface area contributed by atoms with Gasteiger partial charge in [0.1, 0.15) is 85.5 Å². The first-order chi connectivity index (χ1) is 34.3. The lowest BCUT2D eigenvalue weighted by Crippen LogP contribution is -2.67. The Balaban J connectivity index is 0.966. The van der Waals surface area contributed by atoms with Gasteiger partial charge in [-0.25, -0.2) is 0 Å². The third-order valence-electron chi connectivity index (χ3n) is 20.4. The third kappa shape index (κ3) is 9.02. The van der Waals surface area contributed by atoms with Crippen LogP contribution in [0.5, 0.6) is 0 Å². The monoisotopic (exact) mass is 1040 g/mol. The van der Waals surface area contributed by atoms with E-state index in [1.54, 1.807) is 0 Å². The smallest absolute Gasteiger partial charge is 0.315 e. The summed E-state index contributed by atoms with van der Waals surface area (Å²) < 4.78 is 48.8. The van der Waals surface area contributed by atoms with Crippen molar-refractivity contribution in [2.45, 2.75) is 229 Å². The summed E-state index contributed by atoms with van der Waals surface area (Å²) >= 11 is 0. The molecule has 8 fully saturated rings. The van der Waals surface area contributed by atoms with Gasteiger partial charge in [0, 0.05) is 5.92 Å². The fraction of sp³-hybridized carbons (Fsp3) is 0.904. The Kier molecular flexibility index (Phi) is 15.7. The topological polar surface area (TPSA) is 334 Å². The number of aliphatic hydroxyl groups excluding tert-OH is 12. The molecule has 0 radical (unpaired) electrons. The molecule has 9 aliphatic rings. The van der Waals surface area contributed by atoms with E-state index in [1.807, 2.05) is 0 Å². The number of rotatable bonds is 10. The van der Waals surface area contributed by atoms with Crippen molar-refractivity contribution in [2.24, 2.45) is 44.8 Å². The van der Waals surface area contributed by atoms with Crippen molar-refractivity contribution in [1.29, 1.82) is 0 Å². The first-order valence-corrected chi connectivity index (χ1v) is 26.4. The molecule has 5 aliphatic carbocycles. The van der Waals surface area contributed by atoms with E-state index >= 15 is 0 Å². The number of carbonyl (C=O) groups excluding carboxylic acids is 1. The van der Waals surface area contributed by atoms with E-state index in [9.17, 15) is 66.1 Å². The van der Waals surface area contributed by atoms with Gasteiger partial charge in [-0.2, -0.15) is 0 Å². The average molecular weight is 1040 g/mol. The molecule has 73 heavy (non-hydrogen) atoms. The highest BCUT2D eigenvalue weighted by Gasteiger charge is 2.70. The van der Waals surface area contributed by atoms with E-state index < -0.39 is 153 Å². The number of ether oxygens (including phenoxy) is 8. The van der Waals surface area contributed by atoms with Crippen LogP contribution in [-0.2, 0) is 42.7 Å². The number of allylic oxidation sites excluding steroid dienone is 3. The fourth-order valence-corrected chi connectivity index (χ4v) is 15.8. The molecule has 0 aromatic heterocycles. The van der Waals surface area contributed by atoms with Gasteiger partial charge in [0.25, 0.3) is 0 Å². The van der Waals surface area contributed by atoms with Gasteiger partial charge in [-0.15, -0.1) is 0 Å². The fourth-order valence-electron chi connectivity index (χ4n) is 15.8. The largest absolute Gasteiger partial charge is 0.432 e. The van der Waals surface area contributed by atoms with Gasteiger partial charge in [-0.05, 0) is 105 Å². The van der Waals surface area contributed by atoms with Gasteiger partial charge < -0.3 is 99.2 Å². The zero-order valence-corrected chi connectivity index (χ0v) is 42.8. The minimum atomic E-state index is -1.83. The van der Waals surface area contributed by atoms with E-state index in [-0.39, 0.29) is 40.6 Å². The molecule has 0 spiro atoms. The predicted octanol–water partition coefficient (Wildman–Crippen LogP) is -0.839. The number of hydrogen-bond donors (Lipinski definition) is 12.